The number of nitrogens with one attached hydrogen (secondary N) is 1. The molecule has 1 heterocycles. The number of aryl methyl sites for hydroxylation is 1. The lowest BCUT2D eigenvalue weighted by molar-refractivity contribution is 0.724. The molecule has 0 radical (unpaired) electrons. The normalized spacial score (nSPS) is 12.0. The molecule has 0 aliphatic rings. The van der Waals surface area contributed by atoms with E-state index in [9.17, 15) is 4.79 Å². The van der Waals surface area contributed by atoms with Crippen LogP contribution in [0.1, 0.15) is 5.69 Å². The number of aromatic nitrogens is 2. The van der Waals surface area contributed by atoms with Crippen LogP contribution in [0.4, 0.5) is 0 Å². The first-order valence-corrected chi connectivity index (χ1v) is 3.88. The number of hydrogen-bond acceptors (Lipinski definition) is 1. The van der Waals surface area contributed by atoms with Gasteiger partial charge in [0.05, 0.1) is 5.69 Å². The first-order chi connectivity index (χ1) is 4.91. The fourth-order valence-electron chi connectivity index (χ4n) is 0.634. The highest BCUT2D eigenvalue weighted by atomic mass is 35.6. The van der Waals surface area contributed by atoms with Crippen LogP contribution in [0.25, 0.3) is 0 Å². The van der Waals surface area contributed by atoms with Crippen molar-refractivity contribution in [1.29, 1.82) is 0 Å². The Balaban J connectivity index is 3.18. The molecule has 11 heavy (non-hydrogen) atoms. The third-order valence-electron chi connectivity index (χ3n) is 1.19. The van der Waals surface area contributed by atoms with Gasteiger partial charge in [-0.1, -0.05) is 34.8 Å². The third-order valence-corrected chi connectivity index (χ3v) is 1.80. The van der Waals surface area contributed by atoms with E-state index in [1.54, 1.807) is 7.05 Å². The van der Waals surface area contributed by atoms with E-state index in [0.29, 0.717) is 0 Å². The van der Waals surface area contributed by atoms with Crippen molar-refractivity contribution in [3.8, 4) is 0 Å². The zero-order chi connectivity index (χ0) is 8.65. The predicted octanol–water partition coefficient (Wildman–Crippen LogP) is 1.54. The van der Waals surface area contributed by atoms with E-state index in [4.69, 9.17) is 34.8 Å². The van der Waals surface area contributed by atoms with E-state index in [2.05, 4.69) is 5.10 Å². The highest BCUT2D eigenvalue weighted by Gasteiger charge is 2.25. The molecule has 0 amide bonds. The SMILES string of the molecule is Cn1[nH]c(C(Cl)(Cl)Cl)cc1=O. The summed E-state index contributed by atoms with van der Waals surface area (Å²) in [5.41, 5.74) is 0.0429. The Labute approximate surface area is 77.8 Å². The summed E-state index contributed by atoms with van der Waals surface area (Å²) < 4.78 is -0.322. The maximum absolute atomic E-state index is 10.8. The van der Waals surface area contributed by atoms with Gasteiger partial charge in [0, 0.05) is 13.1 Å². The Hall–Kier alpha value is -0.120. The molecule has 0 spiro atoms. The molecular formula is C5H5Cl3N2O. The quantitative estimate of drug-likeness (QED) is 0.655. The summed E-state index contributed by atoms with van der Waals surface area (Å²) >= 11 is 16.5. The van der Waals surface area contributed by atoms with E-state index in [1.165, 1.54) is 10.7 Å². The highest BCUT2D eigenvalue weighted by Crippen LogP contribution is 2.35. The van der Waals surface area contributed by atoms with Crippen LogP contribution < -0.4 is 5.56 Å². The summed E-state index contributed by atoms with van der Waals surface area (Å²) in [5, 5.41) is 2.59. The predicted molar refractivity (Wildman–Crippen MR) is 45.3 cm³/mol. The molecule has 0 fully saturated rings. The van der Waals surface area contributed by atoms with Gasteiger partial charge in [0.2, 0.25) is 3.79 Å². The fourth-order valence-corrected chi connectivity index (χ4v) is 0.924. The maximum Gasteiger partial charge on any atom is 0.266 e. The van der Waals surface area contributed by atoms with Gasteiger partial charge in [0.25, 0.3) is 5.56 Å². The largest absolute Gasteiger partial charge is 0.296 e. The van der Waals surface area contributed by atoms with Crippen molar-refractivity contribution in [3.05, 3.63) is 22.1 Å². The lowest BCUT2D eigenvalue weighted by Gasteiger charge is -2.05. The van der Waals surface area contributed by atoms with Crippen LogP contribution in [-0.2, 0) is 10.8 Å². The summed E-state index contributed by atoms with van der Waals surface area (Å²) in [6.07, 6.45) is 0. The van der Waals surface area contributed by atoms with Gasteiger partial charge in [-0.15, -0.1) is 0 Å². The second-order valence-corrected chi connectivity index (χ2v) is 4.35. The summed E-state index contributed by atoms with van der Waals surface area (Å²) in [7, 11) is 1.54. The van der Waals surface area contributed by atoms with E-state index in [-0.39, 0.29) is 11.3 Å². The minimum atomic E-state index is -1.56. The number of rotatable bonds is 0. The van der Waals surface area contributed by atoms with Crippen LogP contribution in [-0.4, -0.2) is 9.78 Å². The van der Waals surface area contributed by atoms with E-state index >= 15 is 0 Å². The second-order valence-electron chi connectivity index (χ2n) is 2.06. The van der Waals surface area contributed by atoms with Crippen molar-refractivity contribution in [2.24, 2.45) is 7.05 Å². The Morgan fingerprint density at radius 1 is 1.55 bits per heavy atom. The number of H-pyrrole nitrogens is 1. The molecule has 0 aliphatic heterocycles. The zero-order valence-corrected chi connectivity index (χ0v) is 7.83. The topological polar surface area (TPSA) is 37.8 Å². The molecule has 1 N–H and O–H groups in total. The Morgan fingerprint density at radius 2 is 2.09 bits per heavy atom. The van der Waals surface area contributed by atoms with Gasteiger partial charge in [-0.25, -0.2) is 0 Å². The molecule has 1 aromatic heterocycles. The first-order valence-electron chi connectivity index (χ1n) is 2.74. The highest BCUT2D eigenvalue weighted by molar-refractivity contribution is 6.66. The number of alkyl halides is 3. The lowest BCUT2D eigenvalue weighted by Crippen LogP contribution is -2.10. The monoisotopic (exact) mass is 214 g/mol. The maximum atomic E-state index is 10.8. The van der Waals surface area contributed by atoms with Crippen molar-refractivity contribution in [2.75, 3.05) is 0 Å². The molecule has 1 rings (SSSR count). The van der Waals surface area contributed by atoms with Crippen molar-refractivity contribution in [3.63, 3.8) is 0 Å². The van der Waals surface area contributed by atoms with E-state index in [0.717, 1.165) is 0 Å². The summed E-state index contributed by atoms with van der Waals surface area (Å²) in [6, 6.07) is 1.24. The molecule has 0 unspecified atom stereocenters. The summed E-state index contributed by atoms with van der Waals surface area (Å²) in [4.78, 5) is 10.8. The molecule has 0 bridgehead atoms. The standard InChI is InChI=1S/C5H5Cl3N2O/c1-10-4(11)2-3(9-10)5(6,7)8/h2,9H,1H3. The summed E-state index contributed by atoms with van der Waals surface area (Å²) in [5.74, 6) is 0. The average molecular weight is 215 g/mol. The van der Waals surface area contributed by atoms with Gasteiger partial charge in [-0.2, -0.15) is 0 Å². The third kappa shape index (κ3) is 1.92. The number of hydrogen-bond donors (Lipinski definition) is 1. The van der Waals surface area contributed by atoms with Gasteiger partial charge in [-0.05, 0) is 0 Å². The molecular weight excluding hydrogens is 210 g/mol. The van der Waals surface area contributed by atoms with E-state index < -0.39 is 3.79 Å². The van der Waals surface area contributed by atoms with Crippen LogP contribution in [0.5, 0.6) is 0 Å². The number of halogens is 3. The minimum absolute atomic E-state index is 0.230. The molecule has 1 aromatic rings. The summed E-state index contributed by atoms with van der Waals surface area (Å²) in [6.45, 7) is 0. The van der Waals surface area contributed by atoms with Crippen LogP contribution >= 0.6 is 34.8 Å². The second kappa shape index (κ2) is 2.73. The van der Waals surface area contributed by atoms with Crippen molar-refractivity contribution >= 4 is 34.8 Å². The molecule has 0 aliphatic carbocycles. The van der Waals surface area contributed by atoms with Crippen molar-refractivity contribution in [1.82, 2.24) is 9.78 Å². The Bertz CT molecular complexity index is 308. The Kier molecular flexibility index (Phi) is 2.23. The minimum Gasteiger partial charge on any atom is -0.296 e. The molecule has 0 atom stereocenters. The lowest BCUT2D eigenvalue weighted by atomic mass is 10.5. The number of aromatic amines is 1. The number of nitrogens with zero attached hydrogens (tertiary/aromatic N) is 1. The van der Waals surface area contributed by atoms with E-state index in [1.807, 2.05) is 0 Å². The van der Waals surface area contributed by atoms with Crippen LogP contribution in [0.3, 0.4) is 0 Å². The van der Waals surface area contributed by atoms with Gasteiger partial charge in [0.15, 0.2) is 0 Å². The van der Waals surface area contributed by atoms with Crippen LogP contribution in [0, 0.1) is 0 Å². The van der Waals surface area contributed by atoms with Gasteiger partial charge in [-0.3, -0.25) is 14.6 Å². The first kappa shape index (κ1) is 8.97. The average Bonchev–Trinajstić information content (AvgIpc) is 2.11. The smallest absolute Gasteiger partial charge is 0.266 e. The molecule has 0 aromatic carbocycles. The molecule has 6 heteroatoms. The molecule has 3 nitrogen and oxygen atoms in total. The Morgan fingerprint density at radius 3 is 2.27 bits per heavy atom. The van der Waals surface area contributed by atoms with Crippen LogP contribution in [0.2, 0.25) is 0 Å². The van der Waals surface area contributed by atoms with Gasteiger partial charge >= 0.3 is 0 Å². The van der Waals surface area contributed by atoms with Crippen molar-refractivity contribution < 1.29 is 0 Å². The molecule has 0 saturated carbocycles. The molecule has 62 valence electrons. The van der Waals surface area contributed by atoms with Crippen molar-refractivity contribution in [2.45, 2.75) is 3.79 Å². The van der Waals surface area contributed by atoms with Gasteiger partial charge in [0.1, 0.15) is 0 Å². The zero-order valence-electron chi connectivity index (χ0n) is 5.57. The molecule has 0 saturated heterocycles. The van der Waals surface area contributed by atoms with Gasteiger partial charge < -0.3 is 0 Å². The van der Waals surface area contributed by atoms with Crippen LogP contribution in [0.15, 0.2) is 10.9 Å². The fraction of sp³-hybridized carbons (Fsp3) is 0.400.